The second-order valence-corrected chi connectivity index (χ2v) is 3.64. The molecule has 64 valence electrons. The van der Waals surface area contributed by atoms with Crippen LogP contribution in [0.5, 0.6) is 0 Å². The molecule has 12 heavy (non-hydrogen) atoms. The molecule has 2 unspecified atom stereocenters. The number of hydrazone groups is 1. The first-order chi connectivity index (χ1) is 5.79. The van der Waals surface area contributed by atoms with Gasteiger partial charge in [-0.3, -0.25) is 0 Å². The molecule has 0 aromatic heterocycles. The third-order valence-electron chi connectivity index (χ3n) is 2.41. The highest BCUT2D eigenvalue weighted by Crippen LogP contribution is 2.23. The molecule has 0 bridgehead atoms. The maximum absolute atomic E-state index is 4.34. The van der Waals surface area contributed by atoms with Crippen LogP contribution in [-0.4, -0.2) is 11.8 Å². The fourth-order valence-electron chi connectivity index (χ4n) is 1.75. The zero-order chi connectivity index (χ0) is 8.55. The van der Waals surface area contributed by atoms with Gasteiger partial charge in [-0.1, -0.05) is 38.2 Å². The molecule has 2 nitrogen and oxygen atoms in total. The zero-order valence-corrected chi connectivity index (χ0v) is 7.49. The van der Waals surface area contributed by atoms with E-state index in [-0.39, 0.29) is 0 Å². The summed E-state index contributed by atoms with van der Waals surface area (Å²) in [6.45, 7) is 4.38. The Kier molecular flexibility index (Phi) is 1.75. The number of fused-ring (bicyclic) bond motifs is 1. The Bertz CT molecular complexity index is 261. The second-order valence-electron chi connectivity index (χ2n) is 3.64. The van der Waals surface area contributed by atoms with Gasteiger partial charge in [-0.15, -0.1) is 0 Å². The summed E-state index contributed by atoms with van der Waals surface area (Å²) in [6.07, 6.45) is 8.58. The zero-order valence-electron chi connectivity index (χ0n) is 7.49. The molecule has 0 fully saturated rings. The highest BCUT2D eigenvalue weighted by molar-refractivity contribution is 5.92. The highest BCUT2D eigenvalue weighted by Gasteiger charge is 2.29. The molecule has 2 aliphatic rings. The Morgan fingerprint density at radius 1 is 1.33 bits per heavy atom. The lowest BCUT2D eigenvalue weighted by atomic mass is 9.87. The van der Waals surface area contributed by atoms with Crippen LogP contribution in [0.15, 0.2) is 29.4 Å². The minimum atomic E-state index is 0.410. The number of rotatable bonds is 1. The van der Waals surface area contributed by atoms with Crippen molar-refractivity contribution in [2.45, 2.75) is 19.9 Å². The third-order valence-corrected chi connectivity index (χ3v) is 2.41. The molecule has 0 aromatic rings. The summed E-state index contributed by atoms with van der Waals surface area (Å²) >= 11 is 0. The topological polar surface area (TPSA) is 24.4 Å². The van der Waals surface area contributed by atoms with E-state index < -0.39 is 0 Å². The van der Waals surface area contributed by atoms with Gasteiger partial charge in [0.25, 0.3) is 0 Å². The predicted molar refractivity (Wildman–Crippen MR) is 51.0 cm³/mol. The van der Waals surface area contributed by atoms with E-state index in [1.807, 2.05) is 0 Å². The Hall–Kier alpha value is -1.05. The predicted octanol–water partition coefficient (Wildman–Crippen LogP) is 1.71. The maximum Gasteiger partial charge on any atom is 0.0739 e. The van der Waals surface area contributed by atoms with Crippen molar-refractivity contribution in [1.82, 2.24) is 5.43 Å². The standard InChI is InChI=1S/C10H14N2/c1-7(2)10-8-5-3-4-6-9(8)11-12-10/h3-9,11H,1-2H3. The van der Waals surface area contributed by atoms with E-state index in [2.05, 4.69) is 48.7 Å². The molecule has 2 heteroatoms. The van der Waals surface area contributed by atoms with Crippen LogP contribution in [0.3, 0.4) is 0 Å². The van der Waals surface area contributed by atoms with Gasteiger partial charge < -0.3 is 5.43 Å². The van der Waals surface area contributed by atoms with E-state index >= 15 is 0 Å². The Labute approximate surface area is 73.0 Å². The van der Waals surface area contributed by atoms with Crippen molar-refractivity contribution in [2.75, 3.05) is 0 Å². The van der Waals surface area contributed by atoms with Gasteiger partial charge in [0.05, 0.1) is 6.04 Å². The fraction of sp³-hybridized carbons (Fsp3) is 0.500. The van der Waals surface area contributed by atoms with Crippen molar-refractivity contribution in [3.63, 3.8) is 0 Å². The smallest absolute Gasteiger partial charge is 0.0739 e. The lowest BCUT2D eigenvalue weighted by Crippen LogP contribution is -2.28. The van der Waals surface area contributed by atoms with Crippen LogP contribution in [-0.2, 0) is 0 Å². The van der Waals surface area contributed by atoms with Gasteiger partial charge in [-0.2, -0.15) is 5.10 Å². The van der Waals surface area contributed by atoms with Crippen molar-refractivity contribution in [3.05, 3.63) is 24.3 Å². The van der Waals surface area contributed by atoms with Gasteiger partial charge in [-0.05, 0) is 5.92 Å². The van der Waals surface area contributed by atoms with Crippen LogP contribution in [0, 0.1) is 11.8 Å². The molecule has 0 radical (unpaired) electrons. The molecule has 1 aliphatic carbocycles. The van der Waals surface area contributed by atoms with Gasteiger partial charge in [-0.25, -0.2) is 0 Å². The minimum absolute atomic E-state index is 0.410. The number of hydrogen-bond donors (Lipinski definition) is 1. The first-order valence-electron chi connectivity index (χ1n) is 4.47. The third kappa shape index (κ3) is 1.07. The summed E-state index contributed by atoms with van der Waals surface area (Å²) in [4.78, 5) is 0. The highest BCUT2D eigenvalue weighted by atomic mass is 15.3. The fourth-order valence-corrected chi connectivity index (χ4v) is 1.75. The summed E-state index contributed by atoms with van der Waals surface area (Å²) in [6, 6.07) is 0.410. The van der Waals surface area contributed by atoms with E-state index in [1.165, 1.54) is 5.71 Å². The molecule has 0 amide bonds. The van der Waals surface area contributed by atoms with Crippen molar-refractivity contribution >= 4 is 5.71 Å². The molecule has 1 heterocycles. The molecule has 0 saturated carbocycles. The van der Waals surface area contributed by atoms with E-state index in [9.17, 15) is 0 Å². The number of nitrogens with one attached hydrogen (secondary N) is 1. The Morgan fingerprint density at radius 3 is 2.83 bits per heavy atom. The van der Waals surface area contributed by atoms with Crippen LogP contribution in [0.4, 0.5) is 0 Å². The van der Waals surface area contributed by atoms with E-state index in [0.717, 1.165) is 0 Å². The maximum atomic E-state index is 4.34. The molecule has 0 spiro atoms. The van der Waals surface area contributed by atoms with Crippen LogP contribution in [0.1, 0.15) is 13.8 Å². The van der Waals surface area contributed by atoms with E-state index in [1.54, 1.807) is 0 Å². The normalized spacial score (nSPS) is 31.8. The van der Waals surface area contributed by atoms with Gasteiger partial charge in [0.2, 0.25) is 0 Å². The van der Waals surface area contributed by atoms with Crippen LogP contribution >= 0.6 is 0 Å². The number of nitrogens with zero attached hydrogens (tertiary/aromatic N) is 1. The Balaban J connectivity index is 2.20. The van der Waals surface area contributed by atoms with Crippen molar-refractivity contribution in [1.29, 1.82) is 0 Å². The Morgan fingerprint density at radius 2 is 2.08 bits per heavy atom. The quantitative estimate of drug-likeness (QED) is 0.623. The average Bonchev–Trinajstić information content (AvgIpc) is 2.47. The van der Waals surface area contributed by atoms with Gasteiger partial charge in [0.15, 0.2) is 0 Å². The lowest BCUT2D eigenvalue weighted by Gasteiger charge is -2.17. The molecule has 2 atom stereocenters. The molecule has 0 saturated heterocycles. The second kappa shape index (κ2) is 2.77. The number of hydrogen-bond acceptors (Lipinski definition) is 2. The number of allylic oxidation sites excluding steroid dienone is 2. The first kappa shape index (κ1) is 7.59. The minimum Gasteiger partial charge on any atom is -0.302 e. The van der Waals surface area contributed by atoms with Crippen LogP contribution in [0.2, 0.25) is 0 Å². The van der Waals surface area contributed by atoms with E-state index in [0.29, 0.717) is 17.9 Å². The molecule has 1 N–H and O–H groups in total. The summed E-state index contributed by atoms with van der Waals surface area (Å²) in [5, 5.41) is 4.34. The SMILES string of the molecule is CC(C)C1=NNC2C=CC=CC12. The van der Waals surface area contributed by atoms with Gasteiger partial charge in [0, 0.05) is 11.6 Å². The monoisotopic (exact) mass is 162 g/mol. The molecular weight excluding hydrogens is 148 g/mol. The van der Waals surface area contributed by atoms with Crippen molar-refractivity contribution in [3.8, 4) is 0 Å². The van der Waals surface area contributed by atoms with Crippen LogP contribution in [0.25, 0.3) is 0 Å². The molecule has 2 rings (SSSR count). The summed E-state index contributed by atoms with van der Waals surface area (Å²) in [7, 11) is 0. The largest absolute Gasteiger partial charge is 0.302 e. The average molecular weight is 162 g/mol. The van der Waals surface area contributed by atoms with Crippen molar-refractivity contribution < 1.29 is 0 Å². The lowest BCUT2D eigenvalue weighted by molar-refractivity contribution is 0.616. The van der Waals surface area contributed by atoms with Crippen LogP contribution < -0.4 is 5.43 Å². The summed E-state index contributed by atoms with van der Waals surface area (Å²) in [5.74, 6) is 1.04. The summed E-state index contributed by atoms with van der Waals surface area (Å²) < 4.78 is 0. The van der Waals surface area contributed by atoms with E-state index in [4.69, 9.17) is 0 Å². The summed E-state index contributed by atoms with van der Waals surface area (Å²) in [5.41, 5.74) is 4.42. The first-order valence-corrected chi connectivity index (χ1v) is 4.47. The molecule has 1 aliphatic heterocycles. The molecular formula is C10H14N2. The van der Waals surface area contributed by atoms with Gasteiger partial charge in [0.1, 0.15) is 0 Å². The van der Waals surface area contributed by atoms with Crippen molar-refractivity contribution in [2.24, 2.45) is 16.9 Å². The van der Waals surface area contributed by atoms with Gasteiger partial charge >= 0.3 is 0 Å². The molecule has 0 aromatic carbocycles.